The Morgan fingerprint density at radius 3 is 2.71 bits per heavy atom. The van der Waals surface area contributed by atoms with Crippen molar-refractivity contribution >= 4 is 5.91 Å². The number of hydrogen-bond acceptors (Lipinski definition) is 3. The molecule has 4 heteroatoms. The van der Waals surface area contributed by atoms with Crippen molar-refractivity contribution in [2.75, 3.05) is 39.9 Å². The number of rotatable bonds is 3. The van der Waals surface area contributed by atoms with E-state index in [4.69, 9.17) is 4.74 Å². The van der Waals surface area contributed by atoms with Gasteiger partial charge in [0.2, 0.25) is 5.91 Å². The third kappa shape index (κ3) is 3.68. The highest BCUT2D eigenvalue weighted by Crippen LogP contribution is 2.19. The third-order valence-corrected chi connectivity index (χ3v) is 3.98. The van der Waals surface area contributed by atoms with Gasteiger partial charge in [-0.3, -0.25) is 4.79 Å². The second-order valence-electron chi connectivity index (χ2n) is 5.16. The van der Waals surface area contributed by atoms with E-state index in [1.807, 2.05) is 4.90 Å². The molecule has 0 aromatic rings. The van der Waals surface area contributed by atoms with Crippen LogP contribution in [-0.4, -0.2) is 61.6 Å². The molecule has 2 aliphatic heterocycles. The first-order chi connectivity index (χ1) is 8.27. The van der Waals surface area contributed by atoms with E-state index in [1.54, 1.807) is 0 Å². The molecular formula is C13H24N2O2. The van der Waals surface area contributed by atoms with E-state index < -0.39 is 0 Å². The summed E-state index contributed by atoms with van der Waals surface area (Å²) in [5.74, 6) is 0.312. The second-order valence-corrected chi connectivity index (χ2v) is 5.16. The molecule has 2 fully saturated rings. The van der Waals surface area contributed by atoms with E-state index in [0.29, 0.717) is 31.6 Å². The van der Waals surface area contributed by atoms with Gasteiger partial charge in [-0.05, 0) is 32.9 Å². The number of nitrogens with zero attached hydrogens (tertiary/aromatic N) is 2. The summed E-state index contributed by atoms with van der Waals surface area (Å²) in [6.07, 6.45) is 5.61. The van der Waals surface area contributed by atoms with Gasteiger partial charge >= 0.3 is 0 Å². The standard InChI is InChI=1S/C13H24N2O2/c1-14-7-3-2-4-12(14)5-6-13(16)15-8-10-17-11-9-15/h12H,2-11H2,1H3. The molecule has 0 aromatic carbocycles. The highest BCUT2D eigenvalue weighted by molar-refractivity contribution is 5.76. The van der Waals surface area contributed by atoms with E-state index in [-0.39, 0.29) is 0 Å². The lowest BCUT2D eigenvalue weighted by Gasteiger charge is -2.33. The lowest BCUT2D eigenvalue weighted by atomic mass is 9.98. The summed E-state index contributed by atoms with van der Waals surface area (Å²) in [7, 11) is 2.18. The van der Waals surface area contributed by atoms with Crippen LogP contribution < -0.4 is 0 Å². The minimum atomic E-state index is 0.312. The van der Waals surface area contributed by atoms with E-state index in [0.717, 1.165) is 19.5 Å². The predicted octanol–water partition coefficient (Wildman–Crippen LogP) is 1.11. The molecule has 2 aliphatic rings. The van der Waals surface area contributed by atoms with Crippen LogP contribution in [0.1, 0.15) is 32.1 Å². The molecule has 1 atom stereocenters. The van der Waals surface area contributed by atoms with Gasteiger partial charge in [0, 0.05) is 25.6 Å². The van der Waals surface area contributed by atoms with E-state index in [9.17, 15) is 4.79 Å². The van der Waals surface area contributed by atoms with Gasteiger partial charge in [-0.1, -0.05) is 6.42 Å². The van der Waals surface area contributed by atoms with Crippen LogP contribution in [0.2, 0.25) is 0 Å². The van der Waals surface area contributed by atoms with Gasteiger partial charge < -0.3 is 14.5 Å². The van der Waals surface area contributed by atoms with Gasteiger partial charge in [-0.25, -0.2) is 0 Å². The predicted molar refractivity (Wildman–Crippen MR) is 66.9 cm³/mol. The molecule has 0 aromatic heterocycles. The Morgan fingerprint density at radius 2 is 2.00 bits per heavy atom. The van der Waals surface area contributed by atoms with Gasteiger partial charge in [-0.2, -0.15) is 0 Å². The Bertz CT molecular complexity index is 252. The molecule has 98 valence electrons. The summed E-state index contributed by atoms with van der Waals surface area (Å²) >= 11 is 0. The molecule has 4 nitrogen and oxygen atoms in total. The lowest BCUT2D eigenvalue weighted by molar-refractivity contribution is -0.135. The summed E-state index contributed by atoms with van der Waals surface area (Å²) in [5, 5.41) is 0. The van der Waals surface area contributed by atoms with Crippen molar-refractivity contribution in [3.05, 3.63) is 0 Å². The first-order valence-electron chi connectivity index (χ1n) is 6.83. The van der Waals surface area contributed by atoms with Crippen molar-refractivity contribution in [3.8, 4) is 0 Å². The second kappa shape index (κ2) is 6.36. The summed E-state index contributed by atoms with van der Waals surface area (Å²) in [5.41, 5.74) is 0. The van der Waals surface area contributed by atoms with E-state index >= 15 is 0 Å². The maximum absolute atomic E-state index is 12.0. The van der Waals surface area contributed by atoms with Gasteiger partial charge in [0.15, 0.2) is 0 Å². The van der Waals surface area contributed by atoms with Crippen LogP contribution >= 0.6 is 0 Å². The molecule has 0 aliphatic carbocycles. The molecule has 0 saturated carbocycles. The van der Waals surface area contributed by atoms with E-state index in [2.05, 4.69) is 11.9 Å². The van der Waals surface area contributed by atoms with Gasteiger partial charge in [0.25, 0.3) is 0 Å². The van der Waals surface area contributed by atoms with Crippen molar-refractivity contribution in [2.45, 2.75) is 38.1 Å². The van der Waals surface area contributed by atoms with Crippen molar-refractivity contribution in [3.63, 3.8) is 0 Å². The number of morpholine rings is 1. The first-order valence-corrected chi connectivity index (χ1v) is 6.83. The number of hydrogen-bond donors (Lipinski definition) is 0. The average molecular weight is 240 g/mol. The molecule has 2 rings (SSSR count). The number of ether oxygens (including phenoxy) is 1. The minimum absolute atomic E-state index is 0.312. The highest BCUT2D eigenvalue weighted by atomic mass is 16.5. The Morgan fingerprint density at radius 1 is 1.24 bits per heavy atom. The summed E-state index contributed by atoms with van der Waals surface area (Å²) in [6, 6.07) is 0.619. The van der Waals surface area contributed by atoms with Crippen molar-refractivity contribution in [1.82, 2.24) is 9.80 Å². The zero-order valence-corrected chi connectivity index (χ0v) is 10.9. The Hall–Kier alpha value is -0.610. The fourth-order valence-electron chi connectivity index (χ4n) is 2.77. The quantitative estimate of drug-likeness (QED) is 0.741. The Labute approximate surface area is 104 Å². The minimum Gasteiger partial charge on any atom is -0.378 e. The lowest BCUT2D eigenvalue weighted by Crippen LogP contribution is -2.42. The summed E-state index contributed by atoms with van der Waals surface area (Å²) in [6.45, 7) is 4.15. The molecular weight excluding hydrogens is 216 g/mol. The largest absolute Gasteiger partial charge is 0.378 e. The van der Waals surface area contributed by atoms with E-state index in [1.165, 1.54) is 25.8 Å². The third-order valence-electron chi connectivity index (χ3n) is 3.98. The van der Waals surface area contributed by atoms with Crippen molar-refractivity contribution in [1.29, 1.82) is 0 Å². The molecule has 0 spiro atoms. The number of likely N-dealkylation sites (tertiary alicyclic amines) is 1. The molecule has 1 amide bonds. The molecule has 2 saturated heterocycles. The van der Waals surface area contributed by atoms with Crippen LogP contribution in [0.4, 0.5) is 0 Å². The number of amides is 1. The molecule has 0 radical (unpaired) electrons. The fraction of sp³-hybridized carbons (Fsp3) is 0.923. The SMILES string of the molecule is CN1CCCCC1CCC(=O)N1CCOCC1. The molecule has 1 unspecified atom stereocenters. The highest BCUT2D eigenvalue weighted by Gasteiger charge is 2.22. The van der Waals surface area contributed by atoms with Crippen molar-refractivity contribution < 1.29 is 9.53 Å². The van der Waals surface area contributed by atoms with Crippen molar-refractivity contribution in [2.24, 2.45) is 0 Å². The first kappa shape index (κ1) is 12.8. The number of carbonyl (C=O) groups excluding carboxylic acids is 1. The van der Waals surface area contributed by atoms with Crippen LogP contribution in [0.25, 0.3) is 0 Å². The summed E-state index contributed by atoms with van der Waals surface area (Å²) < 4.78 is 5.26. The smallest absolute Gasteiger partial charge is 0.222 e. The summed E-state index contributed by atoms with van der Waals surface area (Å²) in [4.78, 5) is 16.4. The monoisotopic (exact) mass is 240 g/mol. The Balaban J connectivity index is 1.71. The van der Waals surface area contributed by atoms with Crippen LogP contribution in [-0.2, 0) is 9.53 Å². The van der Waals surface area contributed by atoms with Crippen LogP contribution in [0, 0.1) is 0 Å². The molecule has 0 bridgehead atoms. The zero-order chi connectivity index (χ0) is 12.1. The molecule has 2 heterocycles. The maximum Gasteiger partial charge on any atom is 0.222 e. The normalized spacial score (nSPS) is 27.1. The van der Waals surface area contributed by atoms with Crippen LogP contribution in [0.5, 0.6) is 0 Å². The number of piperidine rings is 1. The maximum atomic E-state index is 12.0. The van der Waals surface area contributed by atoms with Gasteiger partial charge in [0.05, 0.1) is 13.2 Å². The Kier molecular flexibility index (Phi) is 4.80. The van der Waals surface area contributed by atoms with Gasteiger partial charge in [-0.15, -0.1) is 0 Å². The average Bonchev–Trinajstić information content (AvgIpc) is 2.38. The van der Waals surface area contributed by atoms with Gasteiger partial charge in [0.1, 0.15) is 0 Å². The molecule has 17 heavy (non-hydrogen) atoms. The topological polar surface area (TPSA) is 32.8 Å². The van der Waals surface area contributed by atoms with Crippen LogP contribution in [0.3, 0.4) is 0 Å². The van der Waals surface area contributed by atoms with Crippen LogP contribution in [0.15, 0.2) is 0 Å². The number of carbonyl (C=O) groups is 1. The zero-order valence-electron chi connectivity index (χ0n) is 10.9. The molecule has 0 N–H and O–H groups in total. The fourth-order valence-corrected chi connectivity index (χ4v) is 2.77.